The lowest BCUT2D eigenvalue weighted by atomic mass is 10.1. The molecule has 0 radical (unpaired) electrons. The van der Waals surface area contributed by atoms with Gasteiger partial charge in [0, 0.05) is 24.1 Å². The molecular weight excluding hydrogens is 404 g/mol. The monoisotopic (exact) mass is 426 g/mol. The summed E-state index contributed by atoms with van der Waals surface area (Å²) in [7, 11) is -2.24. The van der Waals surface area contributed by atoms with Gasteiger partial charge >= 0.3 is 0 Å². The van der Waals surface area contributed by atoms with Crippen LogP contribution in [0.1, 0.15) is 15.9 Å². The Morgan fingerprint density at radius 2 is 1.66 bits per heavy atom. The van der Waals surface area contributed by atoms with Crippen LogP contribution in [0.5, 0.6) is 0 Å². The fourth-order valence-electron chi connectivity index (χ4n) is 2.79. The van der Waals surface area contributed by atoms with E-state index in [1.165, 1.54) is 23.5 Å². The predicted octanol–water partition coefficient (Wildman–Crippen LogP) is 4.63. The van der Waals surface area contributed by atoms with E-state index in [-0.39, 0.29) is 10.8 Å². The molecule has 3 aromatic carbocycles. The molecular formula is C22H22N2O3S2. The number of carbonyl (C=O) groups is 1. The van der Waals surface area contributed by atoms with Gasteiger partial charge in [-0.15, -0.1) is 0 Å². The van der Waals surface area contributed by atoms with Crippen molar-refractivity contribution >= 4 is 39.1 Å². The molecule has 150 valence electrons. The molecule has 0 bridgehead atoms. The van der Waals surface area contributed by atoms with Gasteiger partial charge in [0.2, 0.25) is 0 Å². The maximum atomic E-state index is 13.0. The molecule has 0 aliphatic rings. The lowest BCUT2D eigenvalue weighted by molar-refractivity contribution is 0.102. The molecule has 3 rings (SSSR count). The van der Waals surface area contributed by atoms with E-state index in [1.54, 1.807) is 60.3 Å². The molecule has 0 saturated heterocycles. The van der Waals surface area contributed by atoms with Gasteiger partial charge in [-0.1, -0.05) is 36.4 Å². The molecule has 1 N–H and O–H groups in total. The van der Waals surface area contributed by atoms with Crippen molar-refractivity contribution in [3.05, 3.63) is 90.0 Å². The number of hydrogen-bond acceptors (Lipinski definition) is 4. The normalized spacial score (nSPS) is 11.1. The average molecular weight is 427 g/mol. The van der Waals surface area contributed by atoms with Gasteiger partial charge in [-0.2, -0.15) is 11.8 Å². The van der Waals surface area contributed by atoms with Crippen molar-refractivity contribution in [1.82, 2.24) is 0 Å². The van der Waals surface area contributed by atoms with Crippen LogP contribution in [-0.4, -0.2) is 27.6 Å². The van der Waals surface area contributed by atoms with Crippen molar-refractivity contribution in [3.8, 4) is 0 Å². The van der Waals surface area contributed by atoms with Crippen molar-refractivity contribution < 1.29 is 13.2 Å². The maximum Gasteiger partial charge on any atom is 0.264 e. The van der Waals surface area contributed by atoms with Crippen molar-refractivity contribution in [1.29, 1.82) is 0 Å². The largest absolute Gasteiger partial charge is 0.322 e. The molecule has 3 aromatic rings. The summed E-state index contributed by atoms with van der Waals surface area (Å²) in [6.07, 6.45) is 2.02. The predicted molar refractivity (Wildman–Crippen MR) is 120 cm³/mol. The number of nitrogens with one attached hydrogen (secondary N) is 1. The molecule has 29 heavy (non-hydrogen) atoms. The third-order valence-corrected chi connectivity index (χ3v) is 6.80. The van der Waals surface area contributed by atoms with Gasteiger partial charge in [-0.3, -0.25) is 9.10 Å². The number of thioether (sulfide) groups is 1. The third-order valence-electron chi connectivity index (χ3n) is 4.40. The van der Waals surface area contributed by atoms with E-state index in [2.05, 4.69) is 5.32 Å². The highest BCUT2D eigenvalue weighted by atomic mass is 32.2. The summed E-state index contributed by atoms with van der Waals surface area (Å²) in [5.74, 6) is 0.600. The number of para-hydroxylation sites is 1. The number of benzene rings is 3. The zero-order chi connectivity index (χ0) is 20.9. The van der Waals surface area contributed by atoms with E-state index < -0.39 is 10.0 Å². The van der Waals surface area contributed by atoms with Gasteiger partial charge in [-0.25, -0.2) is 8.42 Å². The van der Waals surface area contributed by atoms with E-state index in [4.69, 9.17) is 0 Å². The van der Waals surface area contributed by atoms with E-state index in [0.29, 0.717) is 16.9 Å². The van der Waals surface area contributed by atoms with Crippen LogP contribution in [-0.2, 0) is 15.8 Å². The number of nitrogens with zero attached hydrogens (tertiary/aromatic N) is 1. The Labute approximate surface area is 175 Å². The zero-order valence-electron chi connectivity index (χ0n) is 16.2. The number of amides is 1. The fraction of sp³-hybridized carbons (Fsp3) is 0.136. The van der Waals surface area contributed by atoms with Crippen LogP contribution in [0.25, 0.3) is 0 Å². The number of anilines is 2. The Morgan fingerprint density at radius 3 is 2.31 bits per heavy atom. The van der Waals surface area contributed by atoms with Crippen molar-refractivity contribution in [2.45, 2.75) is 10.6 Å². The van der Waals surface area contributed by atoms with E-state index in [9.17, 15) is 13.2 Å². The molecule has 0 heterocycles. The summed E-state index contributed by atoms with van der Waals surface area (Å²) in [6, 6.07) is 22.5. The first-order chi connectivity index (χ1) is 13.9. The second-order valence-corrected chi connectivity index (χ2v) is 9.26. The minimum Gasteiger partial charge on any atom is -0.322 e. The van der Waals surface area contributed by atoms with Crippen LogP contribution in [0.4, 0.5) is 11.4 Å². The SMILES string of the molecule is CSCc1ccc(C(=O)Nc2cccc(S(=O)(=O)N(C)c3ccccc3)c2)cc1. The summed E-state index contributed by atoms with van der Waals surface area (Å²) in [5.41, 5.74) is 2.65. The van der Waals surface area contributed by atoms with E-state index in [0.717, 1.165) is 11.3 Å². The molecule has 5 nitrogen and oxygen atoms in total. The lowest BCUT2D eigenvalue weighted by Crippen LogP contribution is -2.26. The second kappa shape index (κ2) is 9.15. The van der Waals surface area contributed by atoms with Gasteiger partial charge in [-0.05, 0) is 54.3 Å². The first-order valence-electron chi connectivity index (χ1n) is 8.95. The molecule has 1 amide bonds. The van der Waals surface area contributed by atoms with E-state index >= 15 is 0 Å². The third kappa shape index (κ3) is 4.99. The summed E-state index contributed by atoms with van der Waals surface area (Å²) in [6.45, 7) is 0. The Bertz CT molecular complexity index is 1080. The van der Waals surface area contributed by atoms with Gasteiger partial charge in [0.15, 0.2) is 0 Å². The van der Waals surface area contributed by atoms with Crippen LogP contribution in [0.2, 0.25) is 0 Å². The highest BCUT2D eigenvalue weighted by molar-refractivity contribution is 7.97. The quantitative estimate of drug-likeness (QED) is 0.598. The molecule has 0 aromatic heterocycles. The Kier molecular flexibility index (Phi) is 6.61. The summed E-state index contributed by atoms with van der Waals surface area (Å²) in [4.78, 5) is 12.6. The Hall–Kier alpha value is -2.77. The molecule has 0 saturated carbocycles. The standard InChI is InChI=1S/C22H22N2O3S2/c1-24(20-8-4-3-5-9-20)29(26,27)21-10-6-7-19(15-21)23-22(25)18-13-11-17(12-14-18)16-28-2/h3-15H,16H2,1-2H3,(H,23,25). The van der Waals surface area contributed by atoms with Crippen LogP contribution in [0.3, 0.4) is 0 Å². The van der Waals surface area contributed by atoms with Gasteiger partial charge < -0.3 is 5.32 Å². The maximum absolute atomic E-state index is 13.0. The van der Waals surface area contributed by atoms with Gasteiger partial charge in [0.1, 0.15) is 0 Å². The highest BCUT2D eigenvalue weighted by Gasteiger charge is 2.21. The molecule has 0 unspecified atom stereocenters. The first kappa shape index (κ1) is 21.0. The molecule has 0 aliphatic carbocycles. The Balaban J connectivity index is 1.79. The summed E-state index contributed by atoms with van der Waals surface area (Å²) < 4.78 is 27.1. The highest BCUT2D eigenvalue weighted by Crippen LogP contribution is 2.24. The van der Waals surface area contributed by atoms with Gasteiger partial charge in [0.25, 0.3) is 15.9 Å². The fourth-order valence-corrected chi connectivity index (χ4v) is 4.56. The summed E-state index contributed by atoms with van der Waals surface area (Å²) >= 11 is 1.71. The summed E-state index contributed by atoms with van der Waals surface area (Å²) in [5, 5.41) is 2.77. The number of carbonyl (C=O) groups excluding carboxylic acids is 1. The number of rotatable bonds is 7. The van der Waals surface area contributed by atoms with Gasteiger partial charge in [0.05, 0.1) is 10.6 Å². The number of hydrogen-bond donors (Lipinski definition) is 1. The lowest BCUT2D eigenvalue weighted by Gasteiger charge is -2.20. The van der Waals surface area contributed by atoms with Crippen LogP contribution in [0, 0.1) is 0 Å². The van der Waals surface area contributed by atoms with Crippen molar-refractivity contribution in [2.24, 2.45) is 0 Å². The van der Waals surface area contributed by atoms with E-state index in [1.807, 2.05) is 24.5 Å². The topological polar surface area (TPSA) is 66.5 Å². The smallest absolute Gasteiger partial charge is 0.264 e. The second-order valence-electron chi connectivity index (χ2n) is 6.42. The minimum absolute atomic E-state index is 0.108. The minimum atomic E-state index is -3.75. The molecule has 0 atom stereocenters. The zero-order valence-corrected chi connectivity index (χ0v) is 17.8. The molecule has 0 spiro atoms. The molecule has 0 fully saturated rings. The van der Waals surface area contributed by atoms with Crippen LogP contribution >= 0.6 is 11.8 Å². The van der Waals surface area contributed by atoms with Crippen molar-refractivity contribution in [3.63, 3.8) is 0 Å². The number of sulfonamides is 1. The van der Waals surface area contributed by atoms with Crippen molar-refractivity contribution in [2.75, 3.05) is 22.9 Å². The molecule has 0 aliphatic heterocycles. The first-order valence-corrected chi connectivity index (χ1v) is 11.8. The van der Waals surface area contributed by atoms with Crippen LogP contribution < -0.4 is 9.62 Å². The van der Waals surface area contributed by atoms with Crippen LogP contribution in [0.15, 0.2) is 83.8 Å². The average Bonchev–Trinajstić information content (AvgIpc) is 2.74. The molecule has 7 heteroatoms. The Morgan fingerprint density at radius 1 is 0.966 bits per heavy atom.